The van der Waals surface area contributed by atoms with Crippen LogP contribution in [0.3, 0.4) is 0 Å². The number of aromatic nitrogens is 3. The van der Waals surface area contributed by atoms with Gasteiger partial charge in [-0.15, -0.1) is 11.6 Å². The molecular weight excluding hydrogens is 282 g/mol. The molecule has 4 nitrogen and oxygen atoms in total. The molecule has 0 fully saturated rings. The van der Waals surface area contributed by atoms with E-state index in [0.29, 0.717) is 18.1 Å². The molecule has 6 heteroatoms. The number of imidazole rings is 1. The number of alkyl halides is 1. The van der Waals surface area contributed by atoms with Crippen molar-refractivity contribution in [3.8, 4) is 0 Å². The molecule has 2 atom stereocenters. The molecule has 0 N–H and O–H groups in total. The van der Waals surface area contributed by atoms with Crippen LogP contribution < -0.4 is 0 Å². The largest absolute Gasteiger partial charge is 0.309 e. The Kier molecular flexibility index (Phi) is 4.58. The highest BCUT2D eigenvalue weighted by Crippen LogP contribution is 2.22. The van der Waals surface area contributed by atoms with Crippen LogP contribution in [-0.4, -0.2) is 36.6 Å². The topological polar surface area (TPSA) is 47.8 Å². The Morgan fingerprint density at radius 1 is 1.53 bits per heavy atom. The summed E-state index contributed by atoms with van der Waals surface area (Å²) in [6.45, 7) is 4.07. The second kappa shape index (κ2) is 6.01. The maximum Gasteiger partial charge on any atom is 0.160 e. The highest BCUT2D eigenvalue weighted by atomic mass is 35.5. The number of aryl methyl sites for hydroxylation is 2. The van der Waals surface area contributed by atoms with E-state index in [2.05, 4.69) is 14.5 Å². The van der Waals surface area contributed by atoms with Gasteiger partial charge in [-0.3, -0.25) is 4.21 Å². The average molecular weight is 300 g/mol. The van der Waals surface area contributed by atoms with Crippen LogP contribution in [0.25, 0.3) is 11.2 Å². The molecule has 0 saturated heterocycles. The van der Waals surface area contributed by atoms with Crippen molar-refractivity contribution in [1.29, 1.82) is 0 Å². The predicted molar refractivity (Wildman–Crippen MR) is 80.3 cm³/mol. The van der Waals surface area contributed by atoms with Crippen LogP contribution in [-0.2, 0) is 17.2 Å². The van der Waals surface area contributed by atoms with Crippen LogP contribution in [0.4, 0.5) is 0 Å². The number of nitrogens with zero attached hydrogens (tertiary/aromatic N) is 3. The van der Waals surface area contributed by atoms with Crippen LogP contribution in [0.15, 0.2) is 12.3 Å². The molecule has 0 aromatic carbocycles. The standard InChI is InChI=1S/C13H18ClN3OS/c1-9-5-7-15-13-12(9)16-11(4-6-14)17(13)10(2)8-19(3)18/h5,7,10H,4,6,8H2,1-3H3. The first-order valence-electron chi connectivity index (χ1n) is 6.23. The highest BCUT2D eigenvalue weighted by molar-refractivity contribution is 7.84. The molecule has 0 amide bonds. The molecule has 0 aliphatic carbocycles. The lowest BCUT2D eigenvalue weighted by atomic mass is 10.2. The Balaban J connectivity index is 2.58. The fourth-order valence-electron chi connectivity index (χ4n) is 2.29. The molecule has 104 valence electrons. The van der Waals surface area contributed by atoms with E-state index >= 15 is 0 Å². The van der Waals surface area contributed by atoms with Crippen molar-refractivity contribution in [1.82, 2.24) is 14.5 Å². The van der Waals surface area contributed by atoms with Crippen LogP contribution in [0.5, 0.6) is 0 Å². The third kappa shape index (κ3) is 2.98. The van der Waals surface area contributed by atoms with Gasteiger partial charge >= 0.3 is 0 Å². The zero-order chi connectivity index (χ0) is 14.0. The maximum atomic E-state index is 11.5. The van der Waals surface area contributed by atoms with E-state index in [0.717, 1.165) is 22.6 Å². The number of hydrogen-bond donors (Lipinski definition) is 0. The number of rotatable bonds is 5. The summed E-state index contributed by atoms with van der Waals surface area (Å²) in [6.07, 6.45) is 4.20. The fourth-order valence-corrected chi connectivity index (χ4v) is 3.29. The summed E-state index contributed by atoms with van der Waals surface area (Å²) in [6, 6.07) is 2.05. The molecule has 0 spiro atoms. The lowest BCUT2D eigenvalue weighted by Crippen LogP contribution is -2.16. The van der Waals surface area contributed by atoms with E-state index in [-0.39, 0.29) is 6.04 Å². The van der Waals surface area contributed by atoms with E-state index in [1.54, 1.807) is 12.5 Å². The van der Waals surface area contributed by atoms with Crippen molar-refractivity contribution in [2.45, 2.75) is 26.3 Å². The molecule has 0 bridgehead atoms. The zero-order valence-corrected chi connectivity index (χ0v) is 13.0. The highest BCUT2D eigenvalue weighted by Gasteiger charge is 2.18. The van der Waals surface area contributed by atoms with Crippen LogP contribution >= 0.6 is 11.6 Å². The summed E-state index contributed by atoms with van der Waals surface area (Å²) in [4.78, 5) is 9.08. The zero-order valence-electron chi connectivity index (χ0n) is 11.4. The van der Waals surface area contributed by atoms with Crippen molar-refractivity contribution in [2.75, 3.05) is 17.9 Å². The Hall–Kier alpha value is -0.940. The lowest BCUT2D eigenvalue weighted by molar-refractivity contribution is 0.583. The predicted octanol–water partition coefficient (Wildman–Crippen LogP) is 2.46. The molecule has 0 aliphatic rings. The van der Waals surface area contributed by atoms with Gasteiger partial charge in [-0.2, -0.15) is 0 Å². The molecular formula is C13H18ClN3OS. The van der Waals surface area contributed by atoms with Gasteiger partial charge in [0.05, 0.1) is 0 Å². The van der Waals surface area contributed by atoms with Crippen molar-refractivity contribution in [3.05, 3.63) is 23.7 Å². The van der Waals surface area contributed by atoms with Crippen molar-refractivity contribution in [2.24, 2.45) is 0 Å². The summed E-state index contributed by atoms with van der Waals surface area (Å²) in [5, 5.41) is 0. The van der Waals surface area contributed by atoms with Gasteiger partial charge in [-0.25, -0.2) is 9.97 Å². The minimum absolute atomic E-state index is 0.100. The molecule has 19 heavy (non-hydrogen) atoms. The third-order valence-electron chi connectivity index (χ3n) is 3.09. The van der Waals surface area contributed by atoms with E-state index in [4.69, 9.17) is 11.6 Å². The first-order valence-corrected chi connectivity index (χ1v) is 8.49. The second-order valence-corrected chi connectivity index (χ2v) is 6.58. The molecule has 0 saturated carbocycles. The summed E-state index contributed by atoms with van der Waals surface area (Å²) in [5.74, 6) is 2.03. The maximum absolute atomic E-state index is 11.5. The minimum atomic E-state index is -0.850. The van der Waals surface area contributed by atoms with Crippen LogP contribution in [0.2, 0.25) is 0 Å². The smallest absolute Gasteiger partial charge is 0.160 e. The normalized spacial score (nSPS) is 14.7. The van der Waals surface area contributed by atoms with E-state index in [9.17, 15) is 4.21 Å². The summed E-state index contributed by atoms with van der Waals surface area (Å²) < 4.78 is 13.5. The first kappa shape index (κ1) is 14.5. The lowest BCUT2D eigenvalue weighted by Gasteiger charge is -2.15. The summed E-state index contributed by atoms with van der Waals surface area (Å²) in [5.41, 5.74) is 2.87. The fraction of sp³-hybridized carbons (Fsp3) is 0.538. The van der Waals surface area contributed by atoms with E-state index in [1.807, 2.05) is 19.9 Å². The summed E-state index contributed by atoms with van der Waals surface area (Å²) >= 11 is 5.85. The number of hydrogen-bond acceptors (Lipinski definition) is 3. The van der Waals surface area contributed by atoms with Gasteiger partial charge in [0.1, 0.15) is 11.3 Å². The Bertz CT molecular complexity index is 611. The molecule has 0 aliphatic heterocycles. The molecule has 0 radical (unpaired) electrons. The van der Waals surface area contributed by atoms with Crippen molar-refractivity contribution >= 4 is 33.6 Å². The Morgan fingerprint density at radius 2 is 2.26 bits per heavy atom. The second-order valence-electron chi connectivity index (χ2n) is 4.73. The Labute approximate surface area is 120 Å². The molecule has 2 heterocycles. The Morgan fingerprint density at radius 3 is 2.89 bits per heavy atom. The average Bonchev–Trinajstić information content (AvgIpc) is 2.68. The van der Waals surface area contributed by atoms with Gasteiger partial charge in [0.25, 0.3) is 0 Å². The molecule has 2 aromatic rings. The van der Waals surface area contributed by atoms with Gasteiger partial charge in [-0.1, -0.05) is 0 Å². The van der Waals surface area contributed by atoms with Gasteiger partial charge in [-0.05, 0) is 25.5 Å². The minimum Gasteiger partial charge on any atom is -0.309 e. The van der Waals surface area contributed by atoms with Crippen LogP contribution in [0.1, 0.15) is 24.4 Å². The van der Waals surface area contributed by atoms with E-state index < -0.39 is 10.8 Å². The molecule has 2 rings (SSSR count). The number of pyridine rings is 1. The van der Waals surface area contributed by atoms with E-state index in [1.165, 1.54) is 0 Å². The molecule has 2 aromatic heterocycles. The van der Waals surface area contributed by atoms with Crippen LogP contribution in [0, 0.1) is 6.92 Å². The van der Waals surface area contributed by atoms with Gasteiger partial charge < -0.3 is 4.57 Å². The molecule has 2 unspecified atom stereocenters. The van der Waals surface area contributed by atoms with Crippen molar-refractivity contribution < 1.29 is 4.21 Å². The van der Waals surface area contributed by atoms with Gasteiger partial charge in [0.15, 0.2) is 5.65 Å². The number of halogens is 1. The SMILES string of the molecule is Cc1ccnc2c1nc(CCCl)n2C(C)CS(C)=O. The monoisotopic (exact) mass is 299 g/mol. The quantitative estimate of drug-likeness (QED) is 0.797. The van der Waals surface area contributed by atoms with Gasteiger partial charge in [0.2, 0.25) is 0 Å². The summed E-state index contributed by atoms with van der Waals surface area (Å²) in [7, 11) is -0.850. The third-order valence-corrected chi connectivity index (χ3v) is 4.23. The first-order chi connectivity index (χ1) is 9.04. The van der Waals surface area contributed by atoms with Gasteiger partial charge in [0, 0.05) is 47.3 Å². The van der Waals surface area contributed by atoms with Crippen molar-refractivity contribution in [3.63, 3.8) is 0 Å². The number of fused-ring (bicyclic) bond motifs is 1.